The number of nitrogens with zero attached hydrogens (tertiary/aromatic N) is 3. The third-order valence-electron chi connectivity index (χ3n) is 6.93. The van der Waals surface area contributed by atoms with Gasteiger partial charge in [-0.1, -0.05) is 38.3 Å². The number of ether oxygens (including phenoxy) is 2. The van der Waals surface area contributed by atoms with Crippen molar-refractivity contribution in [2.24, 2.45) is 0 Å². The molecule has 8 nitrogen and oxygen atoms in total. The number of pyridine rings is 1. The summed E-state index contributed by atoms with van der Waals surface area (Å²) in [6, 6.07) is 10.1. The number of carbonyl (C=O) groups is 2. The molecule has 1 atom stereocenters. The minimum Gasteiger partial charge on any atom is -0.507 e. The maximum atomic E-state index is 13.2. The van der Waals surface area contributed by atoms with Gasteiger partial charge < -0.3 is 19.5 Å². The molecule has 37 heavy (non-hydrogen) atoms. The Morgan fingerprint density at radius 1 is 1.00 bits per heavy atom. The second-order valence-electron chi connectivity index (χ2n) is 9.51. The molecule has 2 aliphatic heterocycles. The summed E-state index contributed by atoms with van der Waals surface area (Å²) in [7, 11) is 0. The van der Waals surface area contributed by atoms with Crippen molar-refractivity contribution < 1.29 is 24.2 Å². The highest BCUT2D eigenvalue weighted by Gasteiger charge is 2.45. The number of unbranched alkanes of at least 4 members (excludes halogenated alkanes) is 3. The standard InChI is InChI=1S/C29H37N3O5/c1-2-3-4-5-19-37-24-9-7-22(8-10-24)26-25(27(33)23-11-13-30-14-12-23)28(34)29(35)32(26)16-6-15-31-17-20-36-21-18-31/h7-14,26,33H,2-6,15-21H2,1H3. The maximum absolute atomic E-state index is 13.2. The normalized spacial score (nSPS) is 19.9. The molecule has 4 rings (SSSR count). The summed E-state index contributed by atoms with van der Waals surface area (Å²) < 4.78 is 11.3. The topological polar surface area (TPSA) is 92.2 Å². The Labute approximate surface area is 218 Å². The van der Waals surface area contributed by atoms with Gasteiger partial charge >= 0.3 is 0 Å². The number of ketones is 1. The third-order valence-corrected chi connectivity index (χ3v) is 6.93. The van der Waals surface area contributed by atoms with Crippen molar-refractivity contribution in [2.75, 3.05) is 46.0 Å². The molecule has 1 N–H and O–H groups in total. The van der Waals surface area contributed by atoms with Crippen LogP contribution in [0.4, 0.5) is 0 Å². The van der Waals surface area contributed by atoms with E-state index < -0.39 is 17.7 Å². The Kier molecular flexibility index (Phi) is 9.68. The van der Waals surface area contributed by atoms with E-state index in [1.165, 1.54) is 12.8 Å². The van der Waals surface area contributed by atoms with Crippen LogP contribution >= 0.6 is 0 Å². The van der Waals surface area contributed by atoms with Gasteiger partial charge in [-0.2, -0.15) is 0 Å². The van der Waals surface area contributed by atoms with Crippen LogP contribution in [-0.2, 0) is 14.3 Å². The number of likely N-dealkylation sites (tertiary alicyclic amines) is 1. The summed E-state index contributed by atoms with van der Waals surface area (Å²) in [5, 5.41) is 11.1. The molecule has 1 aromatic heterocycles. The van der Waals surface area contributed by atoms with Crippen LogP contribution < -0.4 is 4.74 Å². The largest absolute Gasteiger partial charge is 0.507 e. The first-order valence-electron chi connectivity index (χ1n) is 13.3. The number of morpholine rings is 1. The smallest absolute Gasteiger partial charge is 0.295 e. The first-order chi connectivity index (χ1) is 18.1. The lowest BCUT2D eigenvalue weighted by atomic mass is 9.95. The fourth-order valence-corrected chi connectivity index (χ4v) is 4.88. The highest BCUT2D eigenvalue weighted by molar-refractivity contribution is 6.46. The third kappa shape index (κ3) is 6.76. The zero-order valence-electron chi connectivity index (χ0n) is 21.6. The average Bonchev–Trinajstić information content (AvgIpc) is 3.19. The Morgan fingerprint density at radius 3 is 2.43 bits per heavy atom. The molecule has 1 unspecified atom stereocenters. The molecule has 0 spiro atoms. The molecular formula is C29H37N3O5. The molecule has 0 bridgehead atoms. The monoisotopic (exact) mass is 507 g/mol. The molecule has 0 saturated carbocycles. The quantitative estimate of drug-likeness (QED) is 0.199. The maximum Gasteiger partial charge on any atom is 0.295 e. The lowest BCUT2D eigenvalue weighted by molar-refractivity contribution is -0.140. The van der Waals surface area contributed by atoms with Crippen LogP contribution in [0.1, 0.15) is 56.2 Å². The van der Waals surface area contributed by atoms with Gasteiger partial charge in [-0.05, 0) is 42.7 Å². The number of Topliss-reactive ketones (excluding diaryl/α,β-unsaturated/α-hetero) is 1. The lowest BCUT2D eigenvalue weighted by Gasteiger charge is -2.29. The van der Waals surface area contributed by atoms with Crippen molar-refractivity contribution in [3.63, 3.8) is 0 Å². The zero-order valence-corrected chi connectivity index (χ0v) is 21.6. The number of rotatable bonds is 12. The fourth-order valence-electron chi connectivity index (χ4n) is 4.88. The number of aromatic nitrogens is 1. The van der Waals surface area contributed by atoms with Crippen LogP contribution in [0.15, 0.2) is 54.4 Å². The molecule has 8 heteroatoms. The number of aliphatic hydroxyl groups is 1. The van der Waals surface area contributed by atoms with Crippen molar-refractivity contribution in [3.05, 3.63) is 65.5 Å². The summed E-state index contributed by atoms with van der Waals surface area (Å²) in [6.45, 7) is 7.21. The Balaban J connectivity index is 1.56. The summed E-state index contributed by atoms with van der Waals surface area (Å²) in [6.07, 6.45) is 8.34. The van der Waals surface area contributed by atoms with Crippen LogP contribution in [0.25, 0.3) is 5.76 Å². The van der Waals surface area contributed by atoms with Gasteiger partial charge in [-0.25, -0.2) is 0 Å². The van der Waals surface area contributed by atoms with Crippen LogP contribution in [0.3, 0.4) is 0 Å². The lowest BCUT2D eigenvalue weighted by Crippen LogP contribution is -2.38. The summed E-state index contributed by atoms with van der Waals surface area (Å²) >= 11 is 0. The predicted molar refractivity (Wildman–Crippen MR) is 141 cm³/mol. The van der Waals surface area contributed by atoms with Gasteiger partial charge in [0.1, 0.15) is 11.5 Å². The van der Waals surface area contributed by atoms with E-state index in [0.717, 1.165) is 50.2 Å². The van der Waals surface area contributed by atoms with Crippen molar-refractivity contribution in [1.82, 2.24) is 14.8 Å². The van der Waals surface area contributed by atoms with Crippen LogP contribution in [0, 0.1) is 0 Å². The van der Waals surface area contributed by atoms with Gasteiger partial charge in [0.25, 0.3) is 11.7 Å². The van der Waals surface area contributed by atoms with E-state index in [0.29, 0.717) is 31.9 Å². The van der Waals surface area contributed by atoms with E-state index in [4.69, 9.17) is 9.47 Å². The summed E-state index contributed by atoms with van der Waals surface area (Å²) in [4.78, 5) is 34.3. The van der Waals surface area contributed by atoms with E-state index in [9.17, 15) is 14.7 Å². The molecule has 2 saturated heterocycles. The molecule has 1 aromatic carbocycles. The van der Waals surface area contributed by atoms with Gasteiger partial charge in [-0.3, -0.25) is 19.5 Å². The molecule has 2 fully saturated rings. The second-order valence-corrected chi connectivity index (χ2v) is 9.51. The van der Waals surface area contributed by atoms with Crippen LogP contribution in [0.2, 0.25) is 0 Å². The molecule has 3 heterocycles. The molecule has 0 radical (unpaired) electrons. The molecule has 198 valence electrons. The first-order valence-corrected chi connectivity index (χ1v) is 13.3. The van der Waals surface area contributed by atoms with Gasteiger partial charge in [0.2, 0.25) is 0 Å². The molecular weight excluding hydrogens is 470 g/mol. The minimum absolute atomic E-state index is 0.107. The highest BCUT2D eigenvalue weighted by Crippen LogP contribution is 2.39. The van der Waals surface area contributed by atoms with E-state index in [1.54, 1.807) is 29.4 Å². The number of benzene rings is 1. The SMILES string of the molecule is CCCCCCOc1ccc(C2C(=C(O)c3ccncc3)C(=O)C(=O)N2CCCN2CCOCC2)cc1. The first kappa shape index (κ1) is 26.8. The Hall–Kier alpha value is -3.23. The van der Waals surface area contributed by atoms with Crippen molar-refractivity contribution in [2.45, 2.75) is 45.1 Å². The van der Waals surface area contributed by atoms with E-state index in [2.05, 4.69) is 16.8 Å². The molecule has 2 aromatic rings. The van der Waals surface area contributed by atoms with Crippen molar-refractivity contribution >= 4 is 17.4 Å². The van der Waals surface area contributed by atoms with E-state index >= 15 is 0 Å². The van der Waals surface area contributed by atoms with Crippen molar-refractivity contribution in [1.29, 1.82) is 0 Å². The second kappa shape index (κ2) is 13.4. The molecule has 0 aliphatic carbocycles. The van der Waals surface area contributed by atoms with E-state index in [-0.39, 0.29) is 11.3 Å². The average molecular weight is 508 g/mol. The van der Waals surface area contributed by atoms with Gasteiger partial charge in [-0.15, -0.1) is 0 Å². The van der Waals surface area contributed by atoms with Crippen molar-refractivity contribution in [3.8, 4) is 5.75 Å². The van der Waals surface area contributed by atoms with Gasteiger partial charge in [0.05, 0.1) is 31.4 Å². The summed E-state index contributed by atoms with van der Waals surface area (Å²) in [5.41, 5.74) is 1.33. The Morgan fingerprint density at radius 2 is 1.73 bits per heavy atom. The van der Waals surface area contributed by atoms with Gasteiger partial charge in [0.15, 0.2) is 0 Å². The van der Waals surface area contributed by atoms with Crippen LogP contribution in [-0.4, -0.2) is 77.6 Å². The Bertz CT molecular complexity index is 1060. The van der Waals surface area contributed by atoms with E-state index in [1.807, 2.05) is 24.3 Å². The number of aliphatic hydroxyl groups excluding tert-OH is 1. The number of carbonyl (C=O) groups excluding carboxylic acids is 2. The predicted octanol–water partition coefficient (Wildman–Crippen LogP) is 4.18. The molecule has 1 amide bonds. The highest BCUT2D eigenvalue weighted by atomic mass is 16.5. The van der Waals surface area contributed by atoms with Gasteiger partial charge in [0, 0.05) is 44.1 Å². The number of hydrogen-bond donors (Lipinski definition) is 1. The summed E-state index contributed by atoms with van der Waals surface area (Å²) in [5.74, 6) is -0.683. The molecule has 2 aliphatic rings. The van der Waals surface area contributed by atoms with Crippen LogP contribution in [0.5, 0.6) is 5.75 Å². The zero-order chi connectivity index (χ0) is 26.0. The minimum atomic E-state index is -0.670. The fraction of sp³-hybridized carbons (Fsp3) is 0.483. The number of hydrogen-bond acceptors (Lipinski definition) is 7. The number of amides is 1.